The predicted octanol–water partition coefficient (Wildman–Crippen LogP) is 3.85. The second kappa shape index (κ2) is 7.99. The lowest BCUT2D eigenvalue weighted by atomic mass is 9.69. The van der Waals surface area contributed by atoms with E-state index in [0.29, 0.717) is 35.4 Å². The van der Waals surface area contributed by atoms with Crippen LogP contribution in [-0.2, 0) is 14.3 Å². The number of hydrogen-bond donors (Lipinski definition) is 2. The normalized spacial score (nSPS) is 23.6. The molecule has 3 atom stereocenters. The summed E-state index contributed by atoms with van der Waals surface area (Å²) in [7, 11) is 2.78. The Bertz CT molecular complexity index is 1040. The number of thiophene rings is 1. The van der Waals surface area contributed by atoms with Crippen LogP contribution in [0.1, 0.15) is 35.1 Å². The number of nitrogens with one attached hydrogen (secondary N) is 1. The summed E-state index contributed by atoms with van der Waals surface area (Å²) in [4.78, 5) is 27.1. The Morgan fingerprint density at radius 2 is 2.07 bits per heavy atom. The van der Waals surface area contributed by atoms with Crippen molar-refractivity contribution in [3.8, 4) is 11.5 Å². The molecule has 6 nitrogen and oxygen atoms in total. The van der Waals surface area contributed by atoms with E-state index in [1.54, 1.807) is 29.5 Å². The summed E-state index contributed by atoms with van der Waals surface area (Å²) in [6, 6.07) is 8.97. The molecule has 7 heteroatoms. The molecule has 1 aromatic carbocycles. The number of hydrogen-bond acceptors (Lipinski definition) is 7. The van der Waals surface area contributed by atoms with E-state index in [-0.39, 0.29) is 17.5 Å². The van der Waals surface area contributed by atoms with Crippen molar-refractivity contribution in [2.75, 3.05) is 14.2 Å². The Hall–Kier alpha value is -3.06. The van der Waals surface area contributed by atoms with Gasteiger partial charge in [-0.1, -0.05) is 18.7 Å². The zero-order chi connectivity index (χ0) is 21.4. The number of phenolic OH excluding ortho intramolecular Hbond substituents is 1. The van der Waals surface area contributed by atoms with Gasteiger partial charge in [-0.3, -0.25) is 9.59 Å². The summed E-state index contributed by atoms with van der Waals surface area (Å²) in [5.41, 5.74) is 2.48. The van der Waals surface area contributed by atoms with Gasteiger partial charge in [0.05, 0.1) is 14.2 Å². The largest absolute Gasteiger partial charge is 0.504 e. The van der Waals surface area contributed by atoms with E-state index in [9.17, 15) is 14.7 Å². The maximum absolute atomic E-state index is 13.3. The minimum atomic E-state index is -0.774. The SMILES string of the molecule is C=C1NC2=C(C(=O)CC(c3cccs3)C2)C(c2ccc(OC)c(O)c2)C1C(=O)OC. The summed E-state index contributed by atoms with van der Waals surface area (Å²) >= 11 is 1.64. The average Bonchev–Trinajstić information content (AvgIpc) is 3.27. The van der Waals surface area contributed by atoms with Crippen molar-refractivity contribution < 1.29 is 24.2 Å². The molecule has 1 aromatic heterocycles. The van der Waals surface area contributed by atoms with Crippen molar-refractivity contribution in [1.29, 1.82) is 0 Å². The number of benzene rings is 1. The topological polar surface area (TPSA) is 84.9 Å². The standard InChI is InChI=1S/C23H23NO5S/c1-12-20(23(27)29-3)21(13-6-7-18(28-2)16(25)10-13)22-15(24-12)9-14(11-17(22)26)19-5-4-8-30-19/h4-8,10,14,20-21,24-25H,1,9,11H2,2-3H3. The molecule has 0 saturated heterocycles. The number of phenols is 1. The molecule has 2 aliphatic rings. The number of rotatable bonds is 4. The third-order valence-corrected chi connectivity index (χ3v) is 6.84. The van der Waals surface area contributed by atoms with Crippen LogP contribution in [0.5, 0.6) is 11.5 Å². The van der Waals surface area contributed by atoms with Gasteiger partial charge in [0.1, 0.15) is 5.92 Å². The molecule has 156 valence electrons. The fourth-order valence-corrected chi connectivity index (χ4v) is 5.27. The highest BCUT2D eigenvalue weighted by atomic mass is 32.1. The minimum Gasteiger partial charge on any atom is -0.504 e. The number of allylic oxidation sites excluding steroid dienone is 2. The number of methoxy groups -OCH3 is 2. The lowest BCUT2D eigenvalue weighted by molar-refractivity contribution is -0.144. The Morgan fingerprint density at radius 1 is 1.27 bits per heavy atom. The van der Waals surface area contributed by atoms with Crippen LogP contribution in [0.25, 0.3) is 0 Å². The number of Topliss-reactive ketones (excluding diaryl/α,β-unsaturated/α-hetero) is 1. The van der Waals surface area contributed by atoms with Gasteiger partial charge in [-0.2, -0.15) is 0 Å². The van der Waals surface area contributed by atoms with Gasteiger partial charge < -0.3 is 19.9 Å². The third-order valence-electron chi connectivity index (χ3n) is 5.80. The Labute approximate surface area is 178 Å². The van der Waals surface area contributed by atoms with Crippen molar-refractivity contribution in [2.45, 2.75) is 24.7 Å². The van der Waals surface area contributed by atoms with Crippen LogP contribution in [0.4, 0.5) is 0 Å². The zero-order valence-electron chi connectivity index (χ0n) is 16.8. The van der Waals surface area contributed by atoms with E-state index >= 15 is 0 Å². The Kier molecular flexibility index (Phi) is 5.39. The number of esters is 1. The van der Waals surface area contributed by atoms with Gasteiger partial charge >= 0.3 is 5.97 Å². The van der Waals surface area contributed by atoms with E-state index in [2.05, 4.69) is 11.9 Å². The van der Waals surface area contributed by atoms with E-state index < -0.39 is 17.8 Å². The molecule has 1 aliphatic carbocycles. The van der Waals surface area contributed by atoms with Crippen LogP contribution in [0, 0.1) is 5.92 Å². The Balaban J connectivity index is 1.83. The molecular weight excluding hydrogens is 402 g/mol. The summed E-state index contributed by atoms with van der Waals surface area (Å²) < 4.78 is 10.2. The van der Waals surface area contributed by atoms with Gasteiger partial charge in [0.25, 0.3) is 0 Å². The van der Waals surface area contributed by atoms with Gasteiger partial charge in [0.15, 0.2) is 17.3 Å². The quantitative estimate of drug-likeness (QED) is 0.724. The van der Waals surface area contributed by atoms with Crippen LogP contribution >= 0.6 is 11.3 Å². The van der Waals surface area contributed by atoms with E-state index in [0.717, 1.165) is 10.6 Å². The number of carbonyl (C=O) groups excluding carboxylic acids is 2. The van der Waals surface area contributed by atoms with Crippen molar-refractivity contribution in [1.82, 2.24) is 5.32 Å². The summed E-state index contributed by atoms with van der Waals surface area (Å²) in [5.74, 6) is -1.49. The molecule has 2 N–H and O–H groups in total. The number of ketones is 1. The molecule has 0 spiro atoms. The number of aromatic hydroxyl groups is 1. The molecule has 0 amide bonds. The molecule has 0 fully saturated rings. The first-order valence-corrected chi connectivity index (χ1v) is 10.5. The molecule has 0 radical (unpaired) electrons. The maximum Gasteiger partial charge on any atom is 0.315 e. The van der Waals surface area contributed by atoms with Gasteiger partial charge in [-0.05, 0) is 35.6 Å². The smallest absolute Gasteiger partial charge is 0.315 e. The van der Waals surface area contributed by atoms with Crippen LogP contribution in [0.15, 0.2) is 59.3 Å². The Morgan fingerprint density at radius 3 is 2.70 bits per heavy atom. The van der Waals surface area contributed by atoms with Crippen molar-refractivity contribution in [3.63, 3.8) is 0 Å². The highest BCUT2D eigenvalue weighted by Crippen LogP contribution is 2.48. The highest BCUT2D eigenvalue weighted by Gasteiger charge is 2.45. The lowest BCUT2D eigenvalue weighted by Crippen LogP contribution is -2.41. The molecule has 0 saturated carbocycles. The van der Waals surface area contributed by atoms with Gasteiger partial charge in [-0.15, -0.1) is 11.3 Å². The third kappa shape index (κ3) is 3.39. The molecule has 3 unspecified atom stereocenters. The summed E-state index contributed by atoms with van der Waals surface area (Å²) in [5, 5.41) is 15.6. The summed E-state index contributed by atoms with van der Waals surface area (Å²) in [6.07, 6.45) is 1.03. The van der Waals surface area contributed by atoms with Gasteiger partial charge in [0.2, 0.25) is 0 Å². The first-order chi connectivity index (χ1) is 14.4. The van der Waals surface area contributed by atoms with E-state index in [4.69, 9.17) is 9.47 Å². The van der Waals surface area contributed by atoms with Crippen molar-refractivity contribution in [3.05, 3.63) is 69.7 Å². The number of ether oxygens (including phenoxy) is 2. The first kappa shape index (κ1) is 20.2. The summed E-state index contributed by atoms with van der Waals surface area (Å²) in [6.45, 7) is 4.06. The van der Waals surface area contributed by atoms with E-state index in [1.807, 2.05) is 17.5 Å². The fraction of sp³-hybridized carbons (Fsp3) is 0.304. The van der Waals surface area contributed by atoms with Crippen LogP contribution in [0.3, 0.4) is 0 Å². The van der Waals surface area contributed by atoms with Gasteiger partial charge in [0, 0.05) is 40.1 Å². The molecule has 30 heavy (non-hydrogen) atoms. The zero-order valence-corrected chi connectivity index (χ0v) is 17.6. The molecule has 4 rings (SSSR count). The van der Waals surface area contributed by atoms with Crippen LogP contribution in [-0.4, -0.2) is 31.1 Å². The molecule has 1 aliphatic heterocycles. The van der Waals surface area contributed by atoms with Crippen LogP contribution in [0.2, 0.25) is 0 Å². The first-order valence-electron chi connectivity index (χ1n) is 9.64. The number of carbonyl (C=O) groups is 2. The van der Waals surface area contributed by atoms with Crippen molar-refractivity contribution in [2.24, 2.45) is 5.92 Å². The maximum atomic E-state index is 13.3. The minimum absolute atomic E-state index is 0.0103. The lowest BCUT2D eigenvalue weighted by Gasteiger charge is -2.39. The van der Waals surface area contributed by atoms with Crippen LogP contribution < -0.4 is 10.1 Å². The monoisotopic (exact) mass is 425 g/mol. The van der Waals surface area contributed by atoms with Crippen molar-refractivity contribution >= 4 is 23.1 Å². The van der Waals surface area contributed by atoms with E-state index in [1.165, 1.54) is 14.2 Å². The van der Waals surface area contributed by atoms with Gasteiger partial charge in [-0.25, -0.2) is 0 Å². The predicted molar refractivity (Wildman–Crippen MR) is 114 cm³/mol. The molecular formula is C23H23NO5S. The molecule has 2 heterocycles. The second-order valence-corrected chi connectivity index (χ2v) is 8.48. The molecule has 0 bridgehead atoms. The second-order valence-electron chi connectivity index (χ2n) is 7.50. The average molecular weight is 426 g/mol. The fourth-order valence-electron chi connectivity index (χ4n) is 4.44. The molecule has 2 aromatic rings. The highest BCUT2D eigenvalue weighted by molar-refractivity contribution is 7.10.